The van der Waals surface area contributed by atoms with Gasteiger partial charge in [0.1, 0.15) is 5.75 Å². The third-order valence-corrected chi connectivity index (χ3v) is 3.63. The van der Waals surface area contributed by atoms with Gasteiger partial charge < -0.3 is 20.3 Å². The molecule has 1 aromatic carbocycles. The van der Waals surface area contributed by atoms with Gasteiger partial charge in [0.2, 0.25) is 0 Å². The predicted molar refractivity (Wildman–Crippen MR) is 69.8 cm³/mol. The van der Waals surface area contributed by atoms with Gasteiger partial charge in [-0.25, -0.2) is 0 Å². The van der Waals surface area contributed by atoms with Crippen LogP contribution in [0.2, 0.25) is 0 Å². The lowest BCUT2D eigenvalue weighted by Gasteiger charge is -2.34. The van der Waals surface area contributed by atoms with E-state index in [-0.39, 0.29) is 6.61 Å². The molecule has 2 rings (SSSR count). The van der Waals surface area contributed by atoms with Gasteiger partial charge >= 0.3 is 0 Å². The maximum atomic E-state index is 10.8. The van der Waals surface area contributed by atoms with Crippen molar-refractivity contribution in [3.63, 3.8) is 0 Å². The third kappa shape index (κ3) is 2.66. The second-order valence-electron chi connectivity index (χ2n) is 4.78. The molecule has 0 bridgehead atoms. The number of ether oxygens (including phenoxy) is 1. The Morgan fingerprint density at radius 2 is 2.06 bits per heavy atom. The molecule has 0 aromatic heterocycles. The summed E-state index contributed by atoms with van der Waals surface area (Å²) in [5.74, 6) is 0.749. The normalized spacial score (nSPS) is 18.6. The summed E-state index contributed by atoms with van der Waals surface area (Å²) < 4.78 is 5.23. The molecule has 18 heavy (non-hydrogen) atoms. The Bertz CT molecular complexity index is 400. The van der Waals surface area contributed by atoms with Crippen LogP contribution in [0.4, 0.5) is 0 Å². The topological polar surface area (TPSA) is 61.7 Å². The SMILES string of the molecule is COc1ccc(CCO)c(C2(O)CCNCC2)c1. The van der Waals surface area contributed by atoms with Crippen molar-refractivity contribution < 1.29 is 14.9 Å². The molecule has 0 saturated carbocycles. The highest BCUT2D eigenvalue weighted by atomic mass is 16.5. The lowest BCUT2D eigenvalue weighted by Crippen LogP contribution is -2.40. The molecular weight excluding hydrogens is 230 g/mol. The first-order valence-electron chi connectivity index (χ1n) is 6.41. The third-order valence-electron chi connectivity index (χ3n) is 3.63. The maximum absolute atomic E-state index is 10.8. The van der Waals surface area contributed by atoms with Gasteiger partial charge in [0.15, 0.2) is 0 Å². The summed E-state index contributed by atoms with van der Waals surface area (Å²) in [5.41, 5.74) is 1.10. The molecule has 4 heteroatoms. The number of rotatable bonds is 4. The van der Waals surface area contributed by atoms with E-state index in [1.54, 1.807) is 7.11 Å². The summed E-state index contributed by atoms with van der Waals surface area (Å²) in [6.07, 6.45) is 1.95. The fraction of sp³-hybridized carbons (Fsp3) is 0.571. The number of hydrogen-bond donors (Lipinski definition) is 3. The van der Waals surface area contributed by atoms with Crippen molar-refractivity contribution in [3.05, 3.63) is 29.3 Å². The van der Waals surface area contributed by atoms with E-state index < -0.39 is 5.60 Å². The number of nitrogens with one attached hydrogen (secondary N) is 1. The Morgan fingerprint density at radius 3 is 2.67 bits per heavy atom. The van der Waals surface area contributed by atoms with Gasteiger partial charge in [0, 0.05) is 6.61 Å². The summed E-state index contributed by atoms with van der Waals surface area (Å²) in [6.45, 7) is 1.71. The molecule has 1 aliphatic heterocycles. The molecule has 0 spiro atoms. The minimum atomic E-state index is -0.801. The van der Waals surface area contributed by atoms with Gasteiger partial charge in [-0.3, -0.25) is 0 Å². The average Bonchev–Trinajstić information content (AvgIpc) is 2.40. The van der Waals surface area contributed by atoms with E-state index in [2.05, 4.69) is 5.32 Å². The highest BCUT2D eigenvalue weighted by Crippen LogP contribution is 2.35. The minimum Gasteiger partial charge on any atom is -0.497 e. The van der Waals surface area contributed by atoms with E-state index in [0.717, 1.165) is 30.0 Å². The molecule has 1 heterocycles. The number of aliphatic hydroxyl groups is 2. The van der Waals surface area contributed by atoms with Crippen LogP contribution in [-0.4, -0.2) is 37.0 Å². The van der Waals surface area contributed by atoms with Crippen LogP contribution in [0, 0.1) is 0 Å². The number of benzene rings is 1. The first kappa shape index (κ1) is 13.3. The summed E-state index contributed by atoms with van der Waals surface area (Å²) in [7, 11) is 1.62. The molecular formula is C14H21NO3. The molecule has 1 saturated heterocycles. The Kier molecular flexibility index (Phi) is 4.22. The van der Waals surface area contributed by atoms with Crippen LogP contribution in [0.5, 0.6) is 5.75 Å². The molecule has 4 nitrogen and oxygen atoms in total. The molecule has 0 unspecified atom stereocenters. The highest BCUT2D eigenvalue weighted by molar-refractivity contribution is 5.40. The van der Waals surface area contributed by atoms with Crippen molar-refractivity contribution in [1.82, 2.24) is 5.32 Å². The zero-order chi connectivity index (χ0) is 13.0. The Balaban J connectivity index is 2.38. The Labute approximate surface area is 108 Å². The molecule has 0 amide bonds. The van der Waals surface area contributed by atoms with Crippen molar-refractivity contribution in [3.8, 4) is 5.75 Å². The predicted octanol–water partition coefficient (Wildman–Crippen LogP) is 0.801. The average molecular weight is 251 g/mol. The summed E-state index contributed by atoms with van der Waals surface area (Å²) >= 11 is 0. The van der Waals surface area contributed by atoms with Crippen molar-refractivity contribution in [2.24, 2.45) is 0 Å². The smallest absolute Gasteiger partial charge is 0.119 e. The van der Waals surface area contributed by atoms with Crippen molar-refractivity contribution in [1.29, 1.82) is 0 Å². The molecule has 0 atom stereocenters. The number of hydrogen-bond acceptors (Lipinski definition) is 4. The Hall–Kier alpha value is -1.10. The first-order valence-corrected chi connectivity index (χ1v) is 6.41. The van der Waals surface area contributed by atoms with Gasteiger partial charge in [0.05, 0.1) is 12.7 Å². The van der Waals surface area contributed by atoms with Crippen LogP contribution in [-0.2, 0) is 12.0 Å². The first-order chi connectivity index (χ1) is 8.69. The molecule has 0 radical (unpaired) electrons. The van der Waals surface area contributed by atoms with Gasteiger partial charge in [0.25, 0.3) is 0 Å². The van der Waals surface area contributed by atoms with Crippen LogP contribution in [0.3, 0.4) is 0 Å². The van der Waals surface area contributed by atoms with Crippen molar-refractivity contribution in [2.75, 3.05) is 26.8 Å². The van der Waals surface area contributed by atoms with Crippen LogP contribution >= 0.6 is 0 Å². The molecule has 1 aromatic rings. The Morgan fingerprint density at radius 1 is 1.33 bits per heavy atom. The van der Waals surface area contributed by atoms with E-state index >= 15 is 0 Å². The molecule has 1 aliphatic rings. The quantitative estimate of drug-likeness (QED) is 0.741. The number of piperidine rings is 1. The van der Waals surface area contributed by atoms with Crippen LogP contribution in [0.15, 0.2) is 18.2 Å². The van der Waals surface area contributed by atoms with Crippen LogP contribution < -0.4 is 10.1 Å². The van der Waals surface area contributed by atoms with Crippen LogP contribution in [0.1, 0.15) is 24.0 Å². The molecule has 1 fully saturated rings. The van der Waals surface area contributed by atoms with Gasteiger partial charge in [-0.2, -0.15) is 0 Å². The van der Waals surface area contributed by atoms with Gasteiger partial charge in [-0.15, -0.1) is 0 Å². The van der Waals surface area contributed by atoms with E-state index in [1.807, 2.05) is 18.2 Å². The fourth-order valence-corrected chi connectivity index (χ4v) is 2.56. The minimum absolute atomic E-state index is 0.0909. The summed E-state index contributed by atoms with van der Waals surface area (Å²) in [4.78, 5) is 0. The monoisotopic (exact) mass is 251 g/mol. The second-order valence-corrected chi connectivity index (χ2v) is 4.78. The maximum Gasteiger partial charge on any atom is 0.119 e. The van der Waals surface area contributed by atoms with E-state index in [4.69, 9.17) is 9.84 Å². The van der Waals surface area contributed by atoms with E-state index in [1.165, 1.54) is 0 Å². The largest absolute Gasteiger partial charge is 0.497 e. The molecule has 0 aliphatic carbocycles. The molecule has 100 valence electrons. The van der Waals surface area contributed by atoms with Crippen LogP contribution in [0.25, 0.3) is 0 Å². The lowest BCUT2D eigenvalue weighted by atomic mass is 9.82. The summed E-state index contributed by atoms with van der Waals surface area (Å²) in [5, 5.41) is 23.2. The summed E-state index contributed by atoms with van der Waals surface area (Å²) in [6, 6.07) is 5.71. The fourth-order valence-electron chi connectivity index (χ4n) is 2.56. The highest BCUT2D eigenvalue weighted by Gasteiger charge is 2.33. The van der Waals surface area contributed by atoms with Gasteiger partial charge in [-0.1, -0.05) is 6.07 Å². The zero-order valence-corrected chi connectivity index (χ0v) is 10.8. The zero-order valence-electron chi connectivity index (χ0n) is 10.8. The van der Waals surface area contributed by atoms with E-state index in [0.29, 0.717) is 19.3 Å². The second kappa shape index (κ2) is 5.69. The number of methoxy groups -OCH3 is 1. The standard InChI is InChI=1S/C14H21NO3/c1-18-12-3-2-11(4-9-16)13(10-12)14(17)5-7-15-8-6-14/h2-3,10,15-17H,4-9H2,1H3. The number of aliphatic hydroxyl groups excluding tert-OH is 1. The van der Waals surface area contributed by atoms with Gasteiger partial charge in [-0.05, 0) is 55.6 Å². The molecule has 3 N–H and O–H groups in total. The van der Waals surface area contributed by atoms with Crippen molar-refractivity contribution in [2.45, 2.75) is 24.9 Å². The lowest BCUT2D eigenvalue weighted by molar-refractivity contribution is 0.00484. The van der Waals surface area contributed by atoms with E-state index in [9.17, 15) is 5.11 Å². The van der Waals surface area contributed by atoms with Crippen molar-refractivity contribution >= 4 is 0 Å².